The van der Waals surface area contributed by atoms with Crippen LogP contribution in [0.2, 0.25) is 0 Å². The summed E-state index contributed by atoms with van der Waals surface area (Å²) < 4.78 is 0. The van der Waals surface area contributed by atoms with Gasteiger partial charge in [0.1, 0.15) is 0 Å². The number of benzene rings is 13. The van der Waals surface area contributed by atoms with Crippen molar-refractivity contribution >= 4 is 64.6 Å². The van der Waals surface area contributed by atoms with Gasteiger partial charge in [-0.1, -0.05) is 182 Å². The highest BCUT2D eigenvalue weighted by Crippen LogP contribution is 2.46. The minimum absolute atomic E-state index is 1.25. The Bertz CT molecular complexity index is 4390. The summed E-state index contributed by atoms with van der Waals surface area (Å²) >= 11 is 0. The van der Waals surface area contributed by atoms with Crippen molar-refractivity contribution in [3.63, 3.8) is 0 Å². The minimum Gasteiger partial charge on any atom is -0.0622 e. The Kier molecular flexibility index (Phi) is 7.18. The average Bonchev–Trinajstić information content (AvgIpc) is 3.90. The van der Waals surface area contributed by atoms with Crippen molar-refractivity contribution in [1.82, 2.24) is 0 Å². The molecule has 0 heterocycles. The van der Waals surface area contributed by atoms with Crippen LogP contribution in [-0.2, 0) is 0 Å². The van der Waals surface area contributed by atoms with E-state index >= 15 is 0 Å². The van der Waals surface area contributed by atoms with Crippen LogP contribution < -0.4 is 0 Å². The van der Waals surface area contributed by atoms with Crippen molar-refractivity contribution in [2.24, 2.45) is 0 Å². The van der Waals surface area contributed by atoms with E-state index in [2.05, 4.69) is 220 Å². The number of hydrogen-bond donors (Lipinski definition) is 0. The van der Waals surface area contributed by atoms with E-state index in [1.54, 1.807) is 0 Å². The molecule has 0 radical (unpaired) electrons. The third kappa shape index (κ3) is 4.73. The molecule has 0 spiro atoms. The number of aryl methyl sites for hydroxylation is 2. The monoisotopic (exact) mass is 832 g/mol. The average molecular weight is 833 g/mol. The van der Waals surface area contributed by atoms with Gasteiger partial charge in [0.05, 0.1) is 0 Å². The van der Waals surface area contributed by atoms with Gasteiger partial charge in [-0.25, -0.2) is 0 Å². The minimum atomic E-state index is 1.25. The van der Waals surface area contributed by atoms with Crippen LogP contribution in [0.4, 0.5) is 0 Å². The molecule has 0 saturated heterocycles. The maximum atomic E-state index is 2.46. The van der Waals surface area contributed by atoms with Gasteiger partial charge in [-0.2, -0.15) is 0 Å². The van der Waals surface area contributed by atoms with Gasteiger partial charge >= 0.3 is 0 Å². The van der Waals surface area contributed by atoms with E-state index in [-0.39, 0.29) is 0 Å². The first-order valence-electron chi connectivity index (χ1n) is 23.2. The molecule has 0 unspecified atom stereocenters. The van der Waals surface area contributed by atoms with Crippen molar-refractivity contribution in [2.75, 3.05) is 0 Å². The Morgan fingerprint density at radius 1 is 0.227 bits per heavy atom. The van der Waals surface area contributed by atoms with Gasteiger partial charge in [0, 0.05) is 0 Å². The molecule has 2 aliphatic rings. The molecule has 0 nitrogen and oxygen atoms in total. The molecule has 0 heteroatoms. The Balaban J connectivity index is 1.10. The van der Waals surface area contributed by atoms with Crippen LogP contribution in [0.15, 0.2) is 206 Å². The Hall–Kier alpha value is -8.32. The number of hydrogen-bond acceptors (Lipinski definition) is 0. The predicted octanol–water partition coefficient (Wildman–Crippen LogP) is 17.1. The highest BCUT2D eigenvalue weighted by molar-refractivity contribution is 6.33. The normalized spacial score (nSPS) is 12.4. The standard InChI is InChI=1S/C66H40/c1-37-31-55-43(33-53(37)39-15-7-3-8-16-39)35-57(41-19-11-5-12-20-41)65-51-29-25-47-48-26-30-52-62-50(28-24-46(60(48)62)45-23-27-49(63(55)65)61(51)59(45)47)64-56-32-38(2)54(40-17-9-4-10-18-40)34-44(56)36-58(66(52)64)42-21-13-6-14-22-42/h3-36H,1-2H3. The fourth-order valence-corrected chi connectivity index (χ4v) is 12.5. The summed E-state index contributed by atoms with van der Waals surface area (Å²) in [6.45, 7) is 4.55. The lowest BCUT2D eigenvalue weighted by atomic mass is 9.88. The van der Waals surface area contributed by atoms with E-state index in [4.69, 9.17) is 0 Å². The molecule has 2 aliphatic carbocycles. The van der Waals surface area contributed by atoms with Gasteiger partial charge in [0.15, 0.2) is 0 Å². The molecular weight excluding hydrogens is 793 g/mol. The van der Waals surface area contributed by atoms with E-state index in [1.807, 2.05) is 0 Å². The third-order valence-electron chi connectivity index (χ3n) is 15.3. The molecule has 0 fully saturated rings. The molecule has 15 rings (SSSR count). The lowest BCUT2D eigenvalue weighted by Gasteiger charge is -2.14. The first-order chi connectivity index (χ1) is 32.6. The molecule has 66 heavy (non-hydrogen) atoms. The van der Waals surface area contributed by atoms with E-state index in [0.717, 1.165) is 0 Å². The molecule has 0 aliphatic heterocycles. The zero-order chi connectivity index (χ0) is 43.4. The van der Waals surface area contributed by atoms with E-state index in [0.29, 0.717) is 0 Å². The second kappa shape index (κ2) is 13.1. The molecule has 13 aromatic rings. The van der Waals surface area contributed by atoms with Crippen molar-refractivity contribution in [2.45, 2.75) is 13.8 Å². The fraction of sp³-hybridized carbons (Fsp3) is 0.0303. The largest absolute Gasteiger partial charge is 0.0622 e. The molecule has 0 N–H and O–H groups in total. The van der Waals surface area contributed by atoms with Crippen LogP contribution in [0.1, 0.15) is 11.1 Å². The van der Waals surface area contributed by atoms with Gasteiger partial charge in [0.2, 0.25) is 0 Å². The van der Waals surface area contributed by atoms with E-state index in [1.165, 1.54) is 162 Å². The quantitative estimate of drug-likeness (QED) is 0.122. The molecule has 0 atom stereocenters. The van der Waals surface area contributed by atoms with E-state index in [9.17, 15) is 0 Å². The van der Waals surface area contributed by atoms with Crippen LogP contribution in [-0.4, -0.2) is 0 Å². The smallest absolute Gasteiger partial charge is 0.00134 e. The fourth-order valence-electron chi connectivity index (χ4n) is 12.5. The van der Waals surface area contributed by atoms with Gasteiger partial charge in [-0.05, 0) is 200 Å². The van der Waals surface area contributed by atoms with Gasteiger partial charge in [-0.15, -0.1) is 0 Å². The SMILES string of the molecule is Cc1cc2c3c(c(-c4ccccc4)cc2cc1-c1ccccc1)=c1ccc2c4ccc5c6c(ccc(c7ccc=3c1c27)c64)=c1c=5c(-c2ccccc2)cc2cc(-c3ccccc3)c(C)cc12. The topological polar surface area (TPSA) is 0 Å². The lowest BCUT2D eigenvalue weighted by molar-refractivity contribution is 1.46. The van der Waals surface area contributed by atoms with Crippen LogP contribution in [0.3, 0.4) is 0 Å². The lowest BCUT2D eigenvalue weighted by Crippen LogP contribution is -1.90. The van der Waals surface area contributed by atoms with E-state index < -0.39 is 0 Å². The zero-order valence-electron chi connectivity index (χ0n) is 36.6. The summed E-state index contributed by atoms with van der Waals surface area (Å²) in [5, 5.41) is 26.7. The summed E-state index contributed by atoms with van der Waals surface area (Å²) in [6.07, 6.45) is 0. The van der Waals surface area contributed by atoms with Crippen molar-refractivity contribution in [3.8, 4) is 44.5 Å². The van der Waals surface area contributed by atoms with Gasteiger partial charge < -0.3 is 0 Å². The molecule has 304 valence electrons. The maximum absolute atomic E-state index is 2.46. The van der Waals surface area contributed by atoms with Crippen LogP contribution in [0.25, 0.3) is 109 Å². The summed E-state index contributed by atoms with van der Waals surface area (Å²) in [5.74, 6) is 0. The second-order valence-corrected chi connectivity index (χ2v) is 18.7. The highest BCUT2D eigenvalue weighted by Gasteiger charge is 2.23. The van der Waals surface area contributed by atoms with Crippen molar-refractivity contribution in [3.05, 3.63) is 259 Å². The van der Waals surface area contributed by atoms with Crippen molar-refractivity contribution in [1.29, 1.82) is 0 Å². The maximum Gasteiger partial charge on any atom is -0.00134 e. The predicted molar refractivity (Wildman–Crippen MR) is 277 cm³/mol. The molecule has 0 aromatic heterocycles. The number of rotatable bonds is 4. The summed E-state index contributed by atoms with van der Waals surface area (Å²) in [6, 6.07) is 78.0. The first-order valence-corrected chi connectivity index (χ1v) is 23.2. The summed E-state index contributed by atoms with van der Waals surface area (Å²) in [4.78, 5) is 0. The third-order valence-corrected chi connectivity index (χ3v) is 15.3. The van der Waals surface area contributed by atoms with Crippen molar-refractivity contribution < 1.29 is 0 Å². The van der Waals surface area contributed by atoms with Gasteiger partial charge in [-0.3, -0.25) is 0 Å². The Labute approximate surface area is 380 Å². The first kappa shape index (κ1) is 36.1. The highest BCUT2D eigenvalue weighted by atomic mass is 14.3. The Morgan fingerprint density at radius 2 is 0.515 bits per heavy atom. The Morgan fingerprint density at radius 3 is 0.848 bits per heavy atom. The second-order valence-electron chi connectivity index (χ2n) is 18.7. The van der Waals surface area contributed by atoms with Crippen LogP contribution in [0, 0.1) is 55.6 Å². The van der Waals surface area contributed by atoms with Crippen LogP contribution in [0.5, 0.6) is 0 Å². The summed E-state index contributed by atoms with van der Waals surface area (Å²) in [7, 11) is 0. The molecule has 13 aromatic carbocycles. The summed E-state index contributed by atoms with van der Waals surface area (Å²) in [5.41, 5.74) is 12.7. The van der Waals surface area contributed by atoms with Crippen LogP contribution >= 0.6 is 0 Å². The molecular formula is C66H40. The number of fused-ring (bicyclic) bond motifs is 8. The molecule has 0 saturated carbocycles. The molecule has 0 bridgehead atoms. The zero-order valence-corrected chi connectivity index (χ0v) is 36.6. The van der Waals surface area contributed by atoms with Gasteiger partial charge in [0.25, 0.3) is 0 Å². The molecule has 0 amide bonds.